The number of aromatic amines is 1. The largest absolute Gasteiger partial charge is 0.355 e. The van der Waals surface area contributed by atoms with Crippen LogP contribution < -0.4 is 10.2 Å². The fourth-order valence-electron chi connectivity index (χ4n) is 3.45. The average Bonchev–Trinajstić information content (AvgIpc) is 2.85. The van der Waals surface area contributed by atoms with Crippen molar-refractivity contribution >= 4 is 23.2 Å². The van der Waals surface area contributed by atoms with E-state index in [-0.39, 0.29) is 30.6 Å². The Morgan fingerprint density at radius 1 is 1.04 bits per heavy atom. The van der Waals surface area contributed by atoms with E-state index in [0.29, 0.717) is 22.5 Å². The Labute approximate surface area is 160 Å². The van der Waals surface area contributed by atoms with Crippen molar-refractivity contribution in [2.45, 2.75) is 34.6 Å². The number of quaternary nitrogens is 1. The van der Waals surface area contributed by atoms with E-state index < -0.39 is 0 Å². The highest BCUT2D eigenvalue weighted by Gasteiger charge is 2.23. The molecule has 1 unspecified atom stereocenters. The number of carbonyl (C=O) groups is 3. The van der Waals surface area contributed by atoms with E-state index in [0.717, 1.165) is 21.7 Å². The molecule has 1 atom stereocenters. The van der Waals surface area contributed by atoms with E-state index in [1.165, 1.54) is 6.92 Å². The minimum Gasteiger partial charge on any atom is -0.355 e. The number of aryl methyl sites for hydroxylation is 3. The van der Waals surface area contributed by atoms with Crippen LogP contribution in [0.3, 0.4) is 0 Å². The molecule has 2 aromatic rings. The molecule has 0 aliphatic rings. The summed E-state index contributed by atoms with van der Waals surface area (Å²) in [6.45, 7) is 9.30. The third kappa shape index (κ3) is 4.71. The predicted molar refractivity (Wildman–Crippen MR) is 106 cm³/mol. The van der Waals surface area contributed by atoms with Gasteiger partial charge in [0.1, 0.15) is 6.54 Å². The van der Waals surface area contributed by atoms with Gasteiger partial charge in [-0.2, -0.15) is 0 Å². The molecule has 0 fully saturated rings. The molecular formula is C21H28N3O3+. The number of Topliss-reactive ketones (excluding diaryl/α,β-unsaturated/α-hetero) is 2. The Bertz CT molecular complexity index is 876. The van der Waals surface area contributed by atoms with Crippen LogP contribution in [-0.2, 0) is 4.79 Å². The highest BCUT2D eigenvalue weighted by Crippen LogP contribution is 2.19. The van der Waals surface area contributed by atoms with Crippen LogP contribution in [-0.4, -0.2) is 42.6 Å². The topological polar surface area (TPSA) is 83.5 Å². The third-order valence-corrected chi connectivity index (χ3v) is 4.74. The average molecular weight is 370 g/mol. The molecule has 0 saturated carbocycles. The molecule has 0 spiro atoms. The highest BCUT2D eigenvalue weighted by atomic mass is 16.2. The van der Waals surface area contributed by atoms with E-state index in [1.807, 2.05) is 32.0 Å². The van der Waals surface area contributed by atoms with Crippen LogP contribution in [0, 0.1) is 27.7 Å². The molecule has 1 amide bonds. The molecular weight excluding hydrogens is 342 g/mol. The molecule has 1 heterocycles. The summed E-state index contributed by atoms with van der Waals surface area (Å²) in [6, 6.07) is 5.85. The van der Waals surface area contributed by atoms with Crippen molar-refractivity contribution in [2.75, 3.05) is 25.5 Å². The van der Waals surface area contributed by atoms with Gasteiger partial charge in [0.25, 0.3) is 5.91 Å². The molecule has 1 aromatic heterocycles. The number of anilines is 1. The number of aromatic nitrogens is 1. The van der Waals surface area contributed by atoms with Gasteiger partial charge in [-0.1, -0.05) is 18.2 Å². The summed E-state index contributed by atoms with van der Waals surface area (Å²) in [5, 5.41) is 2.94. The number of hydrogen-bond acceptors (Lipinski definition) is 3. The first-order valence-electron chi connectivity index (χ1n) is 9.02. The second-order valence-electron chi connectivity index (χ2n) is 7.23. The Morgan fingerprint density at radius 3 is 2.15 bits per heavy atom. The summed E-state index contributed by atoms with van der Waals surface area (Å²) in [5.41, 5.74) is 5.24. The quantitative estimate of drug-likeness (QED) is 0.650. The minimum absolute atomic E-state index is 0.0611. The van der Waals surface area contributed by atoms with E-state index in [2.05, 4.69) is 10.3 Å². The molecule has 6 heteroatoms. The minimum atomic E-state index is -0.137. The van der Waals surface area contributed by atoms with E-state index in [9.17, 15) is 14.4 Å². The Kier molecular flexibility index (Phi) is 6.33. The van der Waals surface area contributed by atoms with E-state index in [4.69, 9.17) is 0 Å². The first kappa shape index (κ1) is 20.6. The van der Waals surface area contributed by atoms with Crippen LogP contribution in [0.25, 0.3) is 0 Å². The van der Waals surface area contributed by atoms with Gasteiger partial charge >= 0.3 is 0 Å². The van der Waals surface area contributed by atoms with Crippen molar-refractivity contribution in [3.8, 4) is 0 Å². The van der Waals surface area contributed by atoms with Crippen LogP contribution >= 0.6 is 0 Å². The Hall–Kier alpha value is -2.73. The van der Waals surface area contributed by atoms with Crippen LogP contribution in [0.4, 0.5) is 5.69 Å². The molecule has 0 aliphatic heterocycles. The van der Waals surface area contributed by atoms with Crippen LogP contribution in [0.2, 0.25) is 0 Å². The van der Waals surface area contributed by atoms with Crippen molar-refractivity contribution in [1.82, 2.24) is 4.98 Å². The molecule has 0 bridgehead atoms. The van der Waals surface area contributed by atoms with Crippen LogP contribution in [0.1, 0.15) is 50.2 Å². The standard InChI is InChI=1S/C21H27N3O3/c1-12-8-7-9-13(2)20(12)23-18(27)11-24(6)10-17(26)21-14(3)19(16(5)25)15(4)22-21/h7-9,22H,10-11H2,1-6H3,(H,23,27)/p+1. The SMILES string of the molecule is CC(=O)c1c(C)[nH]c(C(=O)C[NH+](C)CC(=O)Nc2c(C)cccc2C)c1C. The zero-order valence-corrected chi connectivity index (χ0v) is 16.9. The smallest absolute Gasteiger partial charge is 0.279 e. The third-order valence-electron chi connectivity index (χ3n) is 4.74. The van der Waals surface area contributed by atoms with Gasteiger partial charge in [0.05, 0.1) is 12.7 Å². The Balaban J connectivity index is 2.02. The monoisotopic (exact) mass is 370 g/mol. The Morgan fingerprint density at radius 2 is 1.63 bits per heavy atom. The lowest BCUT2D eigenvalue weighted by atomic mass is 10.1. The van der Waals surface area contributed by atoms with E-state index >= 15 is 0 Å². The fraction of sp³-hybridized carbons (Fsp3) is 0.381. The van der Waals surface area contributed by atoms with Crippen molar-refractivity contribution < 1.29 is 19.3 Å². The number of amides is 1. The summed E-state index contributed by atoms with van der Waals surface area (Å²) in [4.78, 5) is 40.5. The summed E-state index contributed by atoms with van der Waals surface area (Å²) in [7, 11) is 1.80. The summed E-state index contributed by atoms with van der Waals surface area (Å²) in [5.74, 6) is -0.309. The number of nitrogens with one attached hydrogen (secondary N) is 3. The molecule has 0 saturated heterocycles. The molecule has 144 valence electrons. The van der Waals surface area contributed by atoms with Crippen molar-refractivity contribution in [3.05, 3.63) is 51.8 Å². The first-order chi connectivity index (χ1) is 12.6. The lowest BCUT2D eigenvalue weighted by Crippen LogP contribution is -3.11. The molecule has 0 aliphatic carbocycles. The number of H-pyrrole nitrogens is 1. The van der Waals surface area contributed by atoms with Gasteiger partial charge < -0.3 is 15.2 Å². The molecule has 1 aromatic carbocycles. The van der Waals surface area contributed by atoms with Gasteiger partial charge in [-0.25, -0.2) is 0 Å². The van der Waals surface area contributed by atoms with Gasteiger partial charge in [-0.15, -0.1) is 0 Å². The normalized spacial score (nSPS) is 11.9. The second-order valence-corrected chi connectivity index (χ2v) is 7.23. The maximum atomic E-state index is 12.6. The number of rotatable bonds is 7. The lowest BCUT2D eigenvalue weighted by molar-refractivity contribution is -0.861. The number of carbonyl (C=O) groups excluding carboxylic acids is 3. The van der Waals surface area contributed by atoms with Gasteiger partial charge in [-0.05, 0) is 51.3 Å². The molecule has 2 rings (SSSR count). The maximum absolute atomic E-state index is 12.6. The lowest BCUT2D eigenvalue weighted by Gasteiger charge is -2.15. The molecule has 0 radical (unpaired) electrons. The van der Waals surface area contributed by atoms with Crippen molar-refractivity contribution in [1.29, 1.82) is 0 Å². The van der Waals surface area contributed by atoms with Gasteiger partial charge in [-0.3, -0.25) is 14.4 Å². The van der Waals surface area contributed by atoms with Gasteiger partial charge in [0.2, 0.25) is 5.78 Å². The number of para-hydroxylation sites is 1. The number of ketones is 2. The van der Waals surface area contributed by atoms with Gasteiger partial charge in [0.15, 0.2) is 12.3 Å². The summed E-state index contributed by atoms with van der Waals surface area (Å²) in [6.07, 6.45) is 0. The predicted octanol–water partition coefficient (Wildman–Crippen LogP) is 1.79. The molecule has 6 nitrogen and oxygen atoms in total. The number of hydrogen-bond donors (Lipinski definition) is 3. The van der Waals surface area contributed by atoms with Crippen molar-refractivity contribution in [3.63, 3.8) is 0 Å². The molecule has 27 heavy (non-hydrogen) atoms. The van der Waals surface area contributed by atoms with Gasteiger partial charge in [0, 0.05) is 16.9 Å². The first-order valence-corrected chi connectivity index (χ1v) is 9.02. The molecule has 3 N–H and O–H groups in total. The fourth-order valence-corrected chi connectivity index (χ4v) is 3.45. The summed E-state index contributed by atoms with van der Waals surface area (Å²) >= 11 is 0. The second kappa shape index (κ2) is 8.31. The number of benzene rings is 1. The van der Waals surface area contributed by atoms with E-state index in [1.54, 1.807) is 20.9 Å². The zero-order chi connectivity index (χ0) is 20.3. The van der Waals surface area contributed by atoms with Crippen molar-refractivity contribution in [2.24, 2.45) is 0 Å². The zero-order valence-electron chi connectivity index (χ0n) is 16.9. The number of likely N-dealkylation sites (N-methyl/N-ethyl adjacent to an activating group) is 1. The van der Waals surface area contributed by atoms with Crippen LogP contribution in [0.5, 0.6) is 0 Å². The summed E-state index contributed by atoms with van der Waals surface area (Å²) < 4.78 is 0. The highest BCUT2D eigenvalue weighted by molar-refractivity contribution is 6.03. The van der Waals surface area contributed by atoms with Crippen LogP contribution in [0.15, 0.2) is 18.2 Å². The maximum Gasteiger partial charge on any atom is 0.279 e.